The van der Waals surface area contributed by atoms with Gasteiger partial charge in [0, 0.05) is 16.6 Å². The maximum absolute atomic E-state index is 13.3. The second kappa shape index (κ2) is 8.77. The normalized spacial score (nSPS) is 31.4. The van der Waals surface area contributed by atoms with Crippen LogP contribution in [0.2, 0.25) is 5.02 Å². The molecule has 186 valence electrons. The molecule has 5 aliphatic carbocycles. The highest BCUT2D eigenvalue weighted by atomic mass is 35.5. The highest BCUT2D eigenvalue weighted by molar-refractivity contribution is 7.14. The molecule has 6 nitrogen and oxygen atoms in total. The molecular formula is C27H33ClN4O2S. The van der Waals surface area contributed by atoms with Gasteiger partial charge in [-0.1, -0.05) is 11.6 Å². The molecule has 35 heavy (non-hydrogen) atoms. The first kappa shape index (κ1) is 23.3. The average molecular weight is 513 g/mol. The Morgan fingerprint density at radius 2 is 2.06 bits per heavy atom. The number of hydrogen-bond acceptors (Lipinski definition) is 5. The summed E-state index contributed by atoms with van der Waals surface area (Å²) in [7, 11) is 0. The Balaban J connectivity index is 1.12. The molecule has 0 spiro atoms. The summed E-state index contributed by atoms with van der Waals surface area (Å²) in [4.78, 5) is 32.5. The van der Waals surface area contributed by atoms with E-state index in [0.29, 0.717) is 15.8 Å². The van der Waals surface area contributed by atoms with E-state index in [9.17, 15) is 9.59 Å². The Morgan fingerprint density at radius 1 is 1.26 bits per heavy atom. The lowest BCUT2D eigenvalue weighted by Crippen LogP contribution is -2.70. The van der Waals surface area contributed by atoms with Crippen molar-refractivity contribution in [2.45, 2.75) is 76.4 Å². The highest BCUT2D eigenvalue weighted by Crippen LogP contribution is 2.58. The number of nitrogens with one attached hydrogen (secondary N) is 3. The standard InChI is InChI=1S/C27H33ClN4O2S/c1-14-21(9-19(28)13-29-14)30-15(2)23-5-6-24(35-23)26(34)31-22(8-18-4-3-17-7-20(17)18)25(33)32-27-10-16(11-27)12-27/h5-6,9,13,15-18,20,22,30H,3-4,7-8,10-12H2,1-2H3,(H,31,34)(H,32,33). The van der Waals surface area contributed by atoms with E-state index >= 15 is 0 Å². The number of hydrogen-bond donors (Lipinski definition) is 3. The Bertz CT molecular complexity index is 1150. The molecule has 2 heterocycles. The summed E-state index contributed by atoms with van der Waals surface area (Å²) in [6, 6.07) is 5.24. The van der Waals surface area contributed by atoms with Crippen molar-refractivity contribution in [1.82, 2.24) is 15.6 Å². The molecule has 5 atom stereocenters. The van der Waals surface area contributed by atoms with Gasteiger partial charge in [-0.2, -0.15) is 0 Å². The van der Waals surface area contributed by atoms with Crippen LogP contribution in [0.1, 0.15) is 78.2 Å². The monoisotopic (exact) mass is 512 g/mol. The van der Waals surface area contributed by atoms with Crippen LogP contribution in [-0.4, -0.2) is 28.4 Å². The van der Waals surface area contributed by atoms with Crippen LogP contribution < -0.4 is 16.0 Å². The Morgan fingerprint density at radius 3 is 2.71 bits per heavy atom. The first-order valence-electron chi connectivity index (χ1n) is 12.9. The summed E-state index contributed by atoms with van der Waals surface area (Å²) < 4.78 is 0. The van der Waals surface area contributed by atoms with Crippen LogP contribution in [0.15, 0.2) is 24.4 Å². The Hall–Kier alpha value is -2.12. The number of pyridine rings is 1. The highest BCUT2D eigenvalue weighted by Gasteiger charge is 2.58. The molecule has 0 aromatic carbocycles. The SMILES string of the molecule is Cc1ncc(Cl)cc1NC(C)c1ccc(C(=O)NC(CC2CCC3CC23)C(=O)NC23CC(C2)C3)s1. The predicted molar refractivity (Wildman–Crippen MR) is 139 cm³/mol. The molecule has 5 unspecified atom stereocenters. The number of rotatable bonds is 9. The summed E-state index contributed by atoms with van der Waals surface area (Å²) in [5.41, 5.74) is 1.77. The number of fused-ring (bicyclic) bond motifs is 1. The van der Waals surface area contributed by atoms with Crippen molar-refractivity contribution in [1.29, 1.82) is 0 Å². The zero-order valence-electron chi connectivity index (χ0n) is 20.3. The number of nitrogens with zero attached hydrogens (tertiary/aromatic N) is 1. The number of halogens is 1. The van der Waals surface area contributed by atoms with E-state index in [1.54, 1.807) is 6.20 Å². The van der Waals surface area contributed by atoms with E-state index < -0.39 is 6.04 Å². The van der Waals surface area contributed by atoms with Gasteiger partial charge in [-0.15, -0.1) is 11.3 Å². The van der Waals surface area contributed by atoms with Crippen molar-refractivity contribution < 1.29 is 9.59 Å². The van der Waals surface area contributed by atoms with Crippen LogP contribution in [-0.2, 0) is 4.79 Å². The molecule has 0 saturated heterocycles. The van der Waals surface area contributed by atoms with Gasteiger partial charge in [0.05, 0.1) is 27.3 Å². The average Bonchev–Trinajstić information content (AvgIpc) is 3.19. The molecule has 0 aliphatic heterocycles. The Labute approximate surface area is 215 Å². The third kappa shape index (κ3) is 4.57. The van der Waals surface area contributed by atoms with Gasteiger partial charge in [0.1, 0.15) is 6.04 Å². The van der Waals surface area contributed by atoms with Crippen molar-refractivity contribution in [3.05, 3.63) is 44.9 Å². The summed E-state index contributed by atoms with van der Waals surface area (Å²) in [6.07, 6.45) is 9.48. The first-order valence-corrected chi connectivity index (χ1v) is 14.1. The number of carbonyl (C=O) groups is 2. The number of aryl methyl sites for hydroxylation is 1. The van der Waals surface area contributed by atoms with E-state index in [1.807, 2.05) is 25.1 Å². The smallest absolute Gasteiger partial charge is 0.262 e. The molecule has 0 radical (unpaired) electrons. The molecule has 7 rings (SSSR count). The molecule has 2 aromatic rings. The number of amides is 2. The zero-order chi connectivity index (χ0) is 24.3. The van der Waals surface area contributed by atoms with Crippen LogP contribution in [0.25, 0.3) is 0 Å². The lowest BCUT2D eigenvalue weighted by atomic mass is 9.50. The van der Waals surface area contributed by atoms with Gasteiger partial charge in [0.25, 0.3) is 5.91 Å². The molecule has 5 fully saturated rings. The molecule has 2 aromatic heterocycles. The summed E-state index contributed by atoms with van der Waals surface area (Å²) >= 11 is 7.57. The van der Waals surface area contributed by atoms with E-state index in [2.05, 4.69) is 27.9 Å². The van der Waals surface area contributed by atoms with Crippen LogP contribution in [0.5, 0.6) is 0 Å². The molecular weight excluding hydrogens is 480 g/mol. The number of thiophene rings is 1. The van der Waals surface area contributed by atoms with Crippen molar-refractivity contribution >= 4 is 40.4 Å². The van der Waals surface area contributed by atoms with Crippen molar-refractivity contribution in [2.24, 2.45) is 23.7 Å². The van der Waals surface area contributed by atoms with Crippen LogP contribution in [0.3, 0.4) is 0 Å². The predicted octanol–water partition coefficient (Wildman–Crippen LogP) is 5.48. The maximum Gasteiger partial charge on any atom is 0.262 e. The molecule has 2 amide bonds. The summed E-state index contributed by atoms with van der Waals surface area (Å²) in [6.45, 7) is 3.99. The van der Waals surface area contributed by atoms with Crippen LogP contribution in [0, 0.1) is 30.6 Å². The fourth-order valence-electron chi connectivity index (χ4n) is 6.52. The van der Waals surface area contributed by atoms with E-state index in [0.717, 1.165) is 59.7 Å². The fourth-order valence-corrected chi connectivity index (χ4v) is 7.60. The Kier molecular flexibility index (Phi) is 5.83. The molecule has 8 heteroatoms. The molecule has 5 aliphatic rings. The lowest BCUT2D eigenvalue weighted by Gasteiger charge is -2.62. The van der Waals surface area contributed by atoms with E-state index in [1.165, 1.54) is 30.6 Å². The van der Waals surface area contributed by atoms with Crippen molar-refractivity contribution in [2.75, 3.05) is 5.32 Å². The third-order valence-corrected chi connectivity index (χ3v) is 10.3. The van der Waals surface area contributed by atoms with Crippen LogP contribution in [0.4, 0.5) is 5.69 Å². The molecule has 5 saturated carbocycles. The lowest BCUT2D eigenvalue weighted by molar-refractivity contribution is -0.135. The van der Waals surface area contributed by atoms with Crippen LogP contribution >= 0.6 is 22.9 Å². The topological polar surface area (TPSA) is 83.1 Å². The van der Waals surface area contributed by atoms with Crippen molar-refractivity contribution in [3.8, 4) is 0 Å². The van der Waals surface area contributed by atoms with Gasteiger partial charge < -0.3 is 16.0 Å². The maximum atomic E-state index is 13.3. The van der Waals surface area contributed by atoms with Gasteiger partial charge >= 0.3 is 0 Å². The molecule has 3 N–H and O–H groups in total. The van der Waals surface area contributed by atoms with E-state index in [4.69, 9.17) is 11.6 Å². The minimum Gasteiger partial charge on any atom is -0.376 e. The number of aromatic nitrogens is 1. The van der Waals surface area contributed by atoms with E-state index in [-0.39, 0.29) is 23.4 Å². The minimum atomic E-state index is -0.456. The minimum absolute atomic E-state index is 0.00539. The molecule has 2 bridgehead atoms. The van der Waals surface area contributed by atoms with Gasteiger partial charge in [0.2, 0.25) is 5.91 Å². The second-order valence-electron chi connectivity index (χ2n) is 11.4. The first-order chi connectivity index (χ1) is 16.8. The summed E-state index contributed by atoms with van der Waals surface area (Å²) in [5, 5.41) is 10.4. The third-order valence-electron chi connectivity index (χ3n) is 8.78. The fraction of sp³-hybridized carbons (Fsp3) is 0.593. The van der Waals surface area contributed by atoms with Gasteiger partial charge in [-0.25, -0.2) is 0 Å². The number of carbonyl (C=O) groups excluding carboxylic acids is 2. The quantitative estimate of drug-likeness (QED) is 0.415. The zero-order valence-corrected chi connectivity index (χ0v) is 21.8. The van der Waals surface area contributed by atoms with Crippen molar-refractivity contribution in [3.63, 3.8) is 0 Å². The largest absolute Gasteiger partial charge is 0.376 e. The van der Waals surface area contributed by atoms with Gasteiger partial charge in [-0.3, -0.25) is 14.6 Å². The van der Waals surface area contributed by atoms with Gasteiger partial charge in [0.15, 0.2) is 0 Å². The van der Waals surface area contributed by atoms with Gasteiger partial charge in [-0.05, 0) is 101 Å². The number of anilines is 1. The summed E-state index contributed by atoms with van der Waals surface area (Å²) in [5.74, 6) is 2.85. The second-order valence-corrected chi connectivity index (χ2v) is 12.9.